The molecule has 1 atom stereocenters. The van der Waals surface area contributed by atoms with E-state index in [1.165, 1.54) is 16.9 Å². The Kier molecular flexibility index (Phi) is 3.90. The summed E-state index contributed by atoms with van der Waals surface area (Å²) in [5.41, 5.74) is 6.32. The summed E-state index contributed by atoms with van der Waals surface area (Å²) in [5.74, 6) is 0.372. The van der Waals surface area contributed by atoms with Crippen molar-refractivity contribution in [3.63, 3.8) is 0 Å². The van der Waals surface area contributed by atoms with E-state index in [4.69, 9.17) is 17.3 Å². The molecule has 0 saturated heterocycles. The lowest BCUT2D eigenvalue weighted by Gasteiger charge is -2.18. The van der Waals surface area contributed by atoms with Crippen LogP contribution < -0.4 is 10.5 Å². The van der Waals surface area contributed by atoms with Crippen molar-refractivity contribution in [1.29, 1.82) is 0 Å². The van der Waals surface area contributed by atoms with E-state index in [-0.39, 0.29) is 17.6 Å². The van der Waals surface area contributed by atoms with Crippen LogP contribution in [0.2, 0.25) is 5.02 Å². The number of nitrogen functional groups attached to an aromatic ring is 1. The molecule has 0 saturated carbocycles. The third-order valence-corrected chi connectivity index (χ3v) is 3.03. The zero-order chi connectivity index (χ0) is 14.0. The van der Waals surface area contributed by atoms with Crippen LogP contribution in [-0.2, 0) is 0 Å². The molecule has 0 amide bonds. The standard InChI is InChI=1S/C12H12ClF2N3O/c1-7(18-11(16)9(13)6-17-18)8-4-2-3-5-10(8)19-12(14)15/h2-7,12H,16H2,1H3. The molecule has 7 heteroatoms. The number of nitrogens with zero attached hydrogens (tertiary/aromatic N) is 2. The van der Waals surface area contributed by atoms with Gasteiger partial charge in [0, 0.05) is 5.56 Å². The summed E-state index contributed by atoms with van der Waals surface area (Å²) in [5, 5.41) is 4.35. The van der Waals surface area contributed by atoms with Gasteiger partial charge in [0.05, 0.1) is 12.2 Å². The van der Waals surface area contributed by atoms with Gasteiger partial charge in [-0.1, -0.05) is 29.8 Å². The highest BCUT2D eigenvalue weighted by Gasteiger charge is 2.19. The third kappa shape index (κ3) is 2.78. The van der Waals surface area contributed by atoms with Crippen molar-refractivity contribution in [2.45, 2.75) is 19.6 Å². The molecule has 1 unspecified atom stereocenters. The molecule has 19 heavy (non-hydrogen) atoms. The molecule has 0 aliphatic heterocycles. The first-order valence-corrected chi connectivity index (χ1v) is 5.90. The minimum atomic E-state index is -2.88. The van der Waals surface area contributed by atoms with Gasteiger partial charge in [0.15, 0.2) is 0 Å². The summed E-state index contributed by atoms with van der Waals surface area (Å²) in [7, 11) is 0. The summed E-state index contributed by atoms with van der Waals surface area (Å²) in [6.45, 7) is -1.11. The number of nitrogens with two attached hydrogens (primary N) is 1. The second-order valence-corrected chi connectivity index (χ2v) is 4.32. The Morgan fingerprint density at radius 1 is 1.37 bits per heavy atom. The number of para-hydroxylation sites is 1. The lowest BCUT2D eigenvalue weighted by Crippen LogP contribution is -2.14. The van der Waals surface area contributed by atoms with Gasteiger partial charge in [-0.25, -0.2) is 4.68 Å². The normalized spacial score (nSPS) is 12.7. The Hall–Kier alpha value is -1.82. The van der Waals surface area contributed by atoms with Gasteiger partial charge < -0.3 is 10.5 Å². The highest BCUT2D eigenvalue weighted by Crippen LogP contribution is 2.31. The predicted octanol–water partition coefficient (Wildman–Crippen LogP) is 3.33. The van der Waals surface area contributed by atoms with Crippen molar-refractivity contribution >= 4 is 17.4 Å². The van der Waals surface area contributed by atoms with Gasteiger partial charge in [0.1, 0.15) is 16.6 Å². The van der Waals surface area contributed by atoms with E-state index in [1.807, 2.05) is 0 Å². The molecule has 1 aromatic carbocycles. The molecule has 0 bridgehead atoms. The number of hydrogen-bond acceptors (Lipinski definition) is 3. The minimum absolute atomic E-state index is 0.0935. The molecule has 2 rings (SSSR count). The van der Waals surface area contributed by atoms with Gasteiger partial charge in [-0.2, -0.15) is 13.9 Å². The van der Waals surface area contributed by atoms with Gasteiger partial charge in [0.25, 0.3) is 0 Å². The van der Waals surface area contributed by atoms with Crippen molar-refractivity contribution in [3.05, 3.63) is 41.0 Å². The fourth-order valence-corrected chi connectivity index (χ4v) is 1.95. The maximum atomic E-state index is 12.4. The Bertz CT molecular complexity index is 574. The average Bonchev–Trinajstić information content (AvgIpc) is 2.69. The Morgan fingerprint density at radius 3 is 2.63 bits per heavy atom. The average molecular weight is 288 g/mol. The van der Waals surface area contributed by atoms with E-state index in [0.29, 0.717) is 10.6 Å². The van der Waals surface area contributed by atoms with Crippen LogP contribution in [-0.4, -0.2) is 16.4 Å². The van der Waals surface area contributed by atoms with Gasteiger partial charge in [-0.15, -0.1) is 0 Å². The molecular formula is C12H12ClF2N3O. The van der Waals surface area contributed by atoms with Crippen LogP contribution in [0.3, 0.4) is 0 Å². The summed E-state index contributed by atoms with van der Waals surface area (Å²) in [6, 6.07) is 6.12. The molecule has 0 aliphatic carbocycles. The van der Waals surface area contributed by atoms with E-state index in [0.717, 1.165) is 0 Å². The second-order valence-electron chi connectivity index (χ2n) is 3.91. The first kappa shape index (κ1) is 13.6. The number of ether oxygens (including phenoxy) is 1. The van der Waals surface area contributed by atoms with Crippen molar-refractivity contribution in [3.8, 4) is 5.75 Å². The molecule has 4 nitrogen and oxygen atoms in total. The second kappa shape index (κ2) is 5.44. The van der Waals surface area contributed by atoms with Gasteiger partial charge in [-0.3, -0.25) is 0 Å². The van der Waals surface area contributed by atoms with Crippen LogP contribution in [0.4, 0.5) is 14.6 Å². The lowest BCUT2D eigenvalue weighted by atomic mass is 10.1. The topological polar surface area (TPSA) is 53.1 Å². The molecular weight excluding hydrogens is 276 g/mol. The third-order valence-electron chi connectivity index (χ3n) is 2.74. The number of hydrogen-bond donors (Lipinski definition) is 1. The molecule has 2 N–H and O–H groups in total. The molecule has 1 heterocycles. The zero-order valence-electron chi connectivity index (χ0n) is 10.1. The van der Waals surface area contributed by atoms with Crippen molar-refractivity contribution < 1.29 is 13.5 Å². The number of aromatic nitrogens is 2. The van der Waals surface area contributed by atoms with E-state index in [9.17, 15) is 8.78 Å². The van der Waals surface area contributed by atoms with Crippen molar-refractivity contribution in [1.82, 2.24) is 9.78 Å². The van der Waals surface area contributed by atoms with Crippen LogP contribution in [0, 0.1) is 0 Å². The van der Waals surface area contributed by atoms with E-state index in [2.05, 4.69) is 9.84 Å². The number of alkyl halides is 2. The van der Waals surface area contributed by atoms with Gasteiger partial charge in [-0.05, 0) is 13.0 Å². The SMILES string of the molecule is CC(c1ccccc1OC(F)F)n1ncc(Cl)c1N. The van der Waals surface area contributed by atoms with Crippen LogP contribution in [0.1, 0.15) is 18.5 Å². The van der Waals surface area contributed by atoms with E-state index >= 15 is 0 Å². The molecule has 0 fully saturated rings. The molecule has 0 aliphatic rings. The summed E-state index contributed by atoms with van der Waals surface area (Å²) in [6.07, 6.45) is 1.41. The van der Waals surface area contributed by atoms with Crippen LogP contribution in [0.25, 0.3) is 0 Å². The Labute approximate surface area is 113 Å². The minimum Gasteiger partial charge on any atom is -0.434 e. The number of anilines is 1. The quantitative estimate of drug-likeness (QED) is 0.938. The van der Waals surface area contributed by atoms with Gasteiger partial charge >= 0.3 is 6.61 Å². The maximum Gasteiger partial charge on any atom is 0.387 e. The highest BCUT2D eigenvalue weighted by molar-refractivity contribution is 6.32. The zero-order valence-corrected chi connectivity index (χ0v) is 10.8. The van der Waals surface area contributed by atoms with Crippen LogP contribution in [0.5, 0.6) is 5.75 Å². The Morgan fingerprint density at radius 2 is 2.05 bits per heavy atom. The fourth-order valence-electron chi connectivity index (χ4n) is 1.82. The molecule has 0 radical (unpaired) electrons. The van der Waals surface area contributed by atoms with Gasteiger partial charge in [0.2, 0.25) is 0 Å². The first-order chi connectivity index (χ1) is 9.00. The van der Waals surface area contributed by atoms with Crippen molar-refractivity contribution in [2.75, 3.05) is 5.73 Å². The largest absolute Gasteiger partial charge is 0.434 e. The lowest BCUT2D eigenvalue weighted by molar-refractivity contribution is -0.0506. The summed E-state index contributed by atoms with van der Waals surface area (Å²) in [4.78, 5) is 0. The smallest absolute Gasteiger partial charge is 0.387 e. The monoisotopic (exact) mass is 287 g/mol. The van der Waals surface area contributed by atoms with Crippen molar-refractivity contribution in [2.24, 2.45) is 0 Å². The molecule has 2 aromatic rings. The summed E-state index contributed by atoms with van der Waals surface area (Å²) >= 11 is 5.83. The number of halogens is 3. The predicted molar refractivity (Wildman–Crippen MR) is 68.5 cm³/mol. The molecule has 1 aromatic heterocycles. The molecule has 0 spiro atoms. The van der Waals surface area contributed by atoms with Crippen LogP contribution >= 0.6 is 11.6 Å². The van der Waals surface area contributed by atoms with Crippen LogP contribution in [0.15, 0.2) is 30.5 Å². The number of benzene rings is 1. The summed E-state index contributed by atoms with van der Waals surface area (Å²) < 4.78 is 30.7. The fraction of sp³-hybridized carbons (Fsp3) is 0.250. The molecule has 102 valence electrons. The Balaban J connectivity index is 2.38. The first-order valence-electron chi connectivity index (χ1n) is 5.53. The van der Waals surface area contributed by atoms with E-state index in [1.54, 1.807) is 25.1 Å². The maximum absolute atomic E-state index is 12.4. The highest BCUT2D eigenvalue weighted by atomic mass is 35.5. The number of rotatable bonds is 4. The van der Waals surface area contributed by atoms with E-state index < -0.39 is 6.61 Å².